The van der Waals surface area contributed by atoms with Crippen LogP contribution in [0.25, 0.3) is 0 Å². The minimum absolute atomic E-state index is 0.0636. The van der Waals surface area contributed by atoms with Crippen LogP contribution in [0.15, 0.2) is 18.2 Å². The van der Waals surface area contributed by atoms with E-state index < -0.39 is 12.8 Å². The zero-order valence-corrected chi connectivity index (χ0v) is 13.6. The highest BCUT2D eigenvalue weighted by Crippen LogP contribution is 2.32. The summed E-state index contributed by atoms with van der Waals surface area (Å²) in [7, 11) is 1.34. The van der Waals surface area contributed by atoms with Crippen LogP contribution in [0, 0.1) is 5.92 Å². The van der Waals surface area contributed by atoms with E-state index in [1.165, 1.54) is 19.2 Å². The topological polar surface area (TPSA) is 59.6 Å². The molecule has 1 aliphatic rings. The Balaban J connectivity index is 2.05. The van der Waals surface area contributed by atoms with Gasteiger partial charge >= 0.3 is 6.18 Å². The molecule has 0 bridgehead atoms. The lowest BCUT2D eigenvalue weighted by molar-refractivity contribution is -0.153. The fraction of sp³-hybridized carbons (Fsp3) is 0.562. The summed E-state index contributed by atoms with van der Waals surface area (Å²) in [6.07, 6.45) is -3.00. The number of carbonyl (C=O) groups is 1. The summed E-state index contributed by atoms with van der Waals surface area (Å²) in [4.78, 5) is 12.3. The molecule has 2 atom stereocenters. The molecule has 0 aromatic heterocycles. The van der Waals surface area contributed by atoms with Gasteiger partial charge in [-0.15, -0.1) is 0 Å². The van der Waals surface area contributed by atoms with E-state index in [-0.39, 0.29) is 29.4 Å². The third-order valence-corrected chi connectivity index (χ3v) is 3.82. The normalized spacial score (nSPS) is 21.2. The molecular weight excluding hydrogens is 325 g/mol. The number of amides is 1. The van der Waals surface area contributed by atoms with E-state index in [0.717, 1.165) is 19.4 Å². The van der Waals surface area contributed by atoms with Crippen molar-refractivity contribution in [3.8, 4) is 11.5 Å². The zero-order chi connectivity index (χ0) is 17.7. The summed E-state index contributed by atoms with van der Waals surface area (Å²) in [5.41, 5.74) is 0.379. The Kier molecular flexibility index (Phi) is 5.93. The minimum atomic E-state index is -4.45. The number of rotatable bonds is 5. The van der Waals surface area contributed by atoms with Gasteiger partial charge in [-0.2, -0.15) is 13.2 Å². The zero-order valence-electron chi connectivity index (χ0n) is 13.6. The Morgan fingerprint density at radius 3 is 2.75 bits per heavy atom. The Bertz CT molecular complexity index is 578. The first-order valence-electron chi connectivity index (χ1n) is 7.70. The van der Waals surface area contributed by atoms with Crippen molar-refractivity contribution in [2.24, 2.45) is 5.92 Å². The number of alkyl halides is 3. The van der Waals surface area contributed by atoms with Crippen LogP contribution in [-0.4, -0.2) is 38.4 Å². The fourth-order valence-corrected chi connectivity index (χ4v) is 2.64. The van der Waals surface area contributed by atoms with Gasteiger partial charge in [-0.1, -0.05) is 0 Å². The maximum atomic E-state index is 12.3. The molecule has 1 amide bonds. The van der Waals surface area contributed by atoms with Crippen molar-refractivity contribution < 1.29 is 27.4 Å². The predicted molar refractivity (Wildman–Crippen MR) is 83.4 cm³/mol. The molecule has 0 saturated carbocycles. The van der Waals surface area contributed by atoms with Gasteiger partial charge in [0, 0.05) is 23.7 Å². The van der Waals surface area contributed by atoms with Gasteiger partial charge in [-0.3, -0.25) is 4.79 Å². The molecule has 1 heterocycles. The van der Waals surface area contributed by atoms with Crippen molar-refractivity contribution in [3.05, 3.63) is 18.2 Å². The van der Waals surface area contributed by atoms with Crippen LogP contribution >= 0.6 is 0 Å². The van der Waals surface area contributed by atoms with Crippen molar-refractivity contribution in [3.63, 3.8) is 0 Å². The van der Waals surface area contributed by atoms with E-state index in [9.17, 15) is 18.0 Å². The Labute approximate surface area is 138 Å². The maximum absolute atomic E-state index is 12.3. The molecule has 8 heteroatoms. The van der Waals surface area contributed by atoms with E-state index in [2.05, 4.69) is 10.6 Å². The maximum Gasteiger partial charge on any atom is 0.422 e. The van der Waals surface area contributed by atoms with E-state index >= 15 is 0 Å². The van der Waals surface area contributed by atoms with Gasteiger partial charge in [0.2, 0.25) is 5.91 Å². The molecule has 1 aromatic rings. The number of anilines is 1. The number of carbonyl (C=O) groups excluding carboxylic acids is 1. The van der Waals surface area contributed by atoms with E-state index in [1.54, 1.807) is 6.07 Å². The third-order valence-electron chi connectivity index (χ3n) is 3.82. The number of hydrogen-bond acceptors (Lipinski definition) is 4. The van der Waals surface area contributed by atoms with Crippen molar-refractivity contribution >= 4 is 11.6 Å². The highest BCUT2D eigenvalue weighted by molar-refractivity contribution is 5.93. The van der Waals surface area contributed by atoms with Gasteiger partial charge in [-0.25, -0.2) is 0 Å². The number of benzene rings is 1. The van der Waals surface area contributed by atoms with Gasteiger partial charge in [0.05, 0.1) is 7.11 Å². The first kappa shape index (κ1) is 18.4. The molecule has 5 nitrogen and oxygen atoms in total. The molecule has 1 fully saturated rings. The second kappa shape index (κ2) is 7.74. The van der Waals surface area contributed by atoms with E-state index in [1.807, 2.05) is 6.92 Å². The smallest absolute Gasteiger partial charge is 0.422 e. The first-order valence-corrected chi connectivity index (χ1v) is 7.70. The van der Waals surface area contributed by atoms with Crippen LogP contribution in [0.1, 0.15) is 19.8 Å². The van der Waals surface area contributed by atoms with Crippen LogP contribution < -0.4 is 20.1 Å². The molecule has 24 heavy (non-hydrogen) atoms. The average molecular weight is 346 g/mol. The summed E-state index contributed by atoms with van der Waals surface area (Å²) in [6, 6.07) is 4.64. The summed E-state index contributed by atoms with van der Waals surface area (Å²) in [6.45, 7) is 1.35. The number of methoxy groups -OCH3 is 1. The third kappa shape index (κ3) is 5.30. The molecule has 134 valence electrons. The predicted octanol–water partition coefficient (Wildman–Crippen LogP) is 2.96. The van der Waals surface area contributed by atoms with Crippen LogP contribution in [-0.2, 0) is 4.79 Å². The summed E-state index contributed by atoms with van der Waals surface area (Å²) in [5.74, 6) is -0.155. The molecule has 1 aromatic carbocycles. The average Bonchev–Trinajstić information content (AvgIpc) is 2.52. The monoisotopic (exact) mass is 346 g/mol. The Hall–Kier alpha value is -1.96. The van der Waals surface area contributed by atoms with Gasteiger partial charge in [-0.05, 0) is 38.4 Å². The molecule has 0 unspecified atom stereocenters. The largest absolute Gasteiger partial charge is 0.493 e. The van der Waals surface area contributed by atoms with Crippen LogP contribution in [0.4, 0.5) is 18.9 Å². The quantitative estimate of drug-likeness (QED) is 0.861. The highest BCUT2D eigenvalue weighted by Gasteiger charge is 2.29. The Morgan fingerprint density at radius 1 is 1.38 bits per heavy atom. The van der Waals surface area contributed by atoms with Crippen molar-refractivity contribution in [1.82, 2.24) is 5.32 Å². The minimum Gasteiger partial charge on any atom is -0.493 e. The lowest BCUT2D eigenvalue weighted by Gasteiger charge is -2.27. The Morgan fingerprint density at radius 2 is 2.12 bits per heavy atom. The number of halogens is 3. The van der Waals surface area contributed by atoms with Gasteiger partial charge < -0.3 is 20.1 Å². The second-order valence-corrected chi connectivity index (χ2v) is 5.84. The lowest BCUT2D eigenvalue weighted by atomic mass is 9.92. The summed E-state index contributed by atoms with van der Waals surface area (Å²) < 4.78 is 46.7. The molecular formula is C16H21F3N2O3. The van der Waals surface area contributed by atoms with Gasteiger partial charge in [0.25, 0.3) is 0 Å². The van der Waals surface area contributed by atoms with Gasteiger partial charge in [0.1, 0.15) is 0 Å². The molecule has 1 saturated heterocycles. The van der Waals surface area contributed by atoms with Crippen molar-refractivity contribution in [2.45, 2.75) is 32.0 Å². The first-order chi connectivity index (χ1) is 11.3. The van der Waals surface area contributed by atoms with Crippen LogP contribution in [0.3, 0.4) is 0 Å². The fourth-order valence-electron chi connectivity index (χ4n) is 2.64. The summed E-state index contributed by atoms with van der Waals surface area (Å²) in [5, 5.41) is 6.00. The number of ether oxygens (including phenoxy) is 2. The summed E-state index contributed by atoms with van der Waals surface area (Å²) >= 11 is 0. The molecule has 2 rings (SSSR count). The molecule has 0 aliphatic carbocycles. The highest BCUT2D eigenvalue weighted by atomic mass is 19.4. The lowest BCUT2D eigenvalue weighted by Crippen LogP contribution is -2.40. The second-order valence-electron chi connectivity index (χ2n) is 5.84. The van der Waals surface area contributed by atoms with Crippen molar-refractivity contribution in [1.29, 1.82) is 0 Å². The molecule has 0 radical (unpaired) electrons. The molecule has 0 spiro atoms. The number of piperidine rings is 1. The number of nitrogens with one attached hydrogen (secondary N) is 2. The molecule has 2 N–H and O–H groups in total. The van der Waals surface area contributed by atoms with E-state index in [0.29, 0.717) is 5.69 Å². The SMILES string of the molecule is COc1ccc(NC(=O)[C@H]2CCN[C@@H](C)C2)cc1OCC(F)(F)F. The molecule has 1 aliphatic heterocycles. The van der Waals surface area contributed by atoms with E-state index in [4.69, 9.17) is 9.47 Å². The van der Waals surface area contributed by atoms with Crippen LogP contribution in [0.2, 0.25) is 0 Å². The van der Waals surface area contributed by atoms with Crippen molar-refractivity contribution in [2.75, 3.05) is 25.6 Å². The standard InChI is InChI=1S/C16H21F3N2O3/c1-10-7-11(5-6-20-10)15(22)21-12-3-4-13(23-2)14(8-12)24-9-16(17,18)19/h3-4,8,10-11,20H,5-7,9H2,1-2H3,(H,21,22)/t10-,11-/m0/s1. The number of hydrogen-bond donors (Lipinski definition) is 2. The van der Waals surface area contributed by atoms with Crippen LogP contribution in [0.5, 0.6) is 11.5 Å². The van der Waals surface area contributed by atoms with Gasteiger partial charge in [0.15, 0.2) is 18.1 Å².